The fourth-order valence-corrected chi connectivity index (χ4v) is 2.69. The number of alkyl halides is 3. The third-order valence-electron chi connectivity index (χ3n) is 3.32. The van der Waals surface area contributed by atoms with Gasteiger partial charge in [0, 0.05) is 5.69 Å². The van der Waals surface area contributed by atoms with Crippen LogP contribution in [0.3, 0.4) is 0 Å². The number of hydrogen-bond acceptors (Lipinski definition) is 4. The summed E-state index contributed by atoms with van der Waals surface area (Å²) in [5, 5.41) is 7.23. The summed E-state index contributed by atoms with van der Waals surface area (Å²) < 4.78 is 39.1. The van der Waals surface area contributed by atoms with Gasteiger partial charge in [0.05, 0.1) is 17.0 Å². The van der Waals surface area contributed by atoms with Crippen LogP contribution in [0.25, 0.3) is 5.69 Å². The molecule has 1 N–H and O–H groups in total. The van der Waals surface area contributed by atoms with Crippen molar-refractivity contribution < 1.29 is 18.0 Å². The highest BCUT2D eigenvalue weighted by Gasteiger charge is 2.29. The molecule has 1 heterocycles. The van der Waals surface area contributed by atoms with Gasteiger partial charge in [0.2, 0.25) is 11.1 Å². The van der Waals surface area contributed by atoms with Gasteiger partial charge in [-0.25, -0.2) is 9.67 Å². The Hall–Kier alpha value is -2.81. The van der Waals surface area contributed by atoms with Crippen molar-refractivity contribution in [2.75, 3.05) is 11.1 Å². The number of carbonyl (C=O) groups is 1. The van der Waals surface area contributed by atoms with Crippen molar-refractivity contribution >= 4 is 23.4 Å². The number of rotatable bonds is 5. The van der Waals surface area contributed by atoms with Gasteiger partial charge in [-0.1, -0.05) is 30.0 Å². The number of thioether (sulfide) groups is 1. The molecule has 26 heavy (non-hydrogen) atoms. The number of aromatic nitrogens is 3. The molecule has 0 bridgehead atoms. The Morgan fingerprint density at radius 1 is 1.08 bits per heavy atom. The van der Waals surface area contributed by atoms with Crippen LogP contribution in [-0.2, 0) is 11.0 Å². The lowest BCUT2D eigenvalue weighted by atomic mass is 10.2. The number of nitrogens with zero attached hydrogens (tertiary/aromatic N) is 3. The standard InChI is InChI=1S/C17H13F3N4OS/c18-17(19,20)12-6-8-13(9-7-12)22-15(25)10-26-16-21-11-24(23-16)14-4-2-1-3-5-14/h1-9,11H,10H2,(H,22,25). The largest absolute Gasteiger partial charge is 0.416 e. The molecule has 0 radical (unpaired) electrons. The Morgan fingerprint density at radius 3 is 2.42 bits per heavy atom. The zero-order valence-electron chi connectivity index (χ0n) is 13.3. The highest BCUT2D eigenvalue weighted by Crippen LogP contribution is 2.29. The van der Waals surface area contributed by atoms with Gasteiger partial charge in [-0.15, -0.1) is 5.10 Å². The van der Waals surface area contributed by atoms with Gasteiger partial charge < -0.3 is 5.32 Å². The Morgan fingerprint density at radius 2 is 1.77 bits per heavy atom. The minimum Gasteiger partial charge on any atom is -0.325 e. The molecule has 2 aromatic carbocycles. The van der Waals surface area contributed by atoms with Crippen LogP contribution in [0.1, 0.15) is 5.56 Å². The van der Waals surface area contributed by atoms with Gasteiger partial charge in [0.15, 0.2) is 0 Å². The van der Waals surface area contributed by atoms with E-state index in [9.17, 15) is 18.0 Å². The van der Waals surface area contributed by atoms with Crippen LogP contribution >= 0.6 is 11.8 Å². The maximum Gasteiger partial charge on any atom is 0.416 e. The lowest BCUT2D eigenvalue weighted by Crippen LogP contribution is -2.14. The molecule has 0 spiro atoms. The Balaban J connectivity index is 1.54. The topological polar surface area (TPSA) is 59.8 Å². The predicted molar refractivity (Wildman–Crippen MR) is 92.2 cm³/mol. The van der Waals surface area contributed by atoms with Crippen LogP contribution in [-0.4, -0.2) is 26.4 Å². The SMILES string of the molecule is O=C(CSc1ncn(-c2ccccc2)n1)Nc1ccc(C(F)(F)F)cc1. The van der Waals surface area contributed by atoms with Gasteiger partial charge in [0.25, 0.3) is 0 Å². The molecule has 0 atom stereocenters. The molecule has 0 aliphatic heterocycles. The first-order valence-corrected chi connectivity index (χ1v) is 8.47. The molecule has 0 saturated heterocycles. The summed E-state index contributed by atoms with van der Waals surface area (Å²) >= 11 is 1.14. The summed E-state index contributed by atoms with van der Waals surface area (Å²) in [5.74, 6) is -0.314. The van der Waals surface area contributed by atoms with E-state index in [1.165, 1.54) is 12.1 Å². The van der Waals surface area contributed by atoms with Crippen LogP contribution in [0, 0.1) is 0 Å². The fourth-order valence-electron chi connectivity index (χ4n) is 2.09. The summed E-state index contributed by atoms with van der Waals surface area (Å²) in [6.45, 7) is 0. The highest BCUT2D eigenvalue weighted by atomic mass is 32.2. The van der Waals surface area contributed by atoms with Gasteiger partial charge in [-0.2, -0.15) is 13.2 Å². The molecule has 5 nitrogen and oxygen atoms in total. The number of para-hydroxylation sites is 1. The molecule has 1 aromatic heterocycles. The average Bonchev–Trinajstić information content (AvgIpc) is 3.09. The Kier molecular flexibility index (Phi) is 5.27. The van der Waals surface area contributed by atoms with E-state index in [0.29, 0.717) is 10.8 Å². The molecule has 9 heteroatoms. The minimum absolute atomic E-state index is 0.0415. The molecule has 0 fully saturated rings. The van der Waals surface area contributed by atoms with E-state index in [1.54, 1.807) is 11.0 Å². The second kappa shape index (κ2) is 7.61. The Labute approximate surface area is 151 Å². The summed E-state index contributed by atoms with van der Waals surface area (Å²) in [7, 11) is 0. The van der Waals surface area contributed by atoms with Crippen LogP contribution in [0.5, 0.6) is 0 Å². The van der Waals surface area contributed by atoms with E-state index in [2.05, 4.69) is 15.4 Å². The molecule has 0 aliphatic rings. The number of hydrogen-bond donors (Lipinski definition) is 1. The van der Waals surface area contributed by atoms with Gasteiger partial charge >= 0.3 is 6.18 Å². The third kappa shape index (κ3) is 4.63. The monoisotopic (exact) mass is 378 g/mol. The van der Waals surface area contributed by atoms with E-state index < -0.39 is 11.7 Å². The van der Waals surface area contributed by atoms with Gasteiger partial charge in [-0.3, -0.25) is 4.79 Å². The lowest BCUT2D eigenvalue weighted by Gasteiger charge is -2.08. The van der Waals surface area contributed by atoms with Crippen molar-refractivity contribution in [3.63, 3.8) is 0 Å². The van der Waals surface area contributed by atoms with E-state index >= 15 is 0 Å². The molecule has 1 amide bonds. The summed E-state index contributed by atoms with van der Waals surface area (Å²) in [4.78, 5) is 16.0. The van der Waals surface area contributed by atoms with Crippen molar-refractivity contribution in [1.29, 1.82) is 0 Å². The van der Waals surface area contributed by atoms with Crippen molar-refractivity contribution in [2.24, 2.45) is 0 Å². The molecule has 3 rings (SSSR count). The van der Waals surface area contributed by atoms with Crippen LogP contribution in [0.15, 0.2) is 66.1 Å². The molecule has 3 aromatic rings. The molecular weight excluding hydrogens is 365 g/mol. The smallest absolute Gasteiger partial charge is 0.325 e. The van der Waals surface area contributed by atoms with Gasteiger partial charge in [0.1, 0.15) is 6.33 Å². The number of amides is 1. The molecule has 0 unspecified atom stereocenters. The number of halogens is 3. The zero-order chi connectivity index (χ0) is 18.6. The summed E-state index contributed by atoms with van der Waals surface area (Å²) in [6.07, 6.45) is -2.85. The third-order valence-corrected chi connectivity index (χ3v) is 4.17. The van der Waals surface area contributed by atoms with Crippen molar-refractivity contribution in [3.8, 4) is 5.69 Å². The maximum atomic E-state index is 12.5. The highest BCUT2D eigenvalue weighted by molar-refractivity contribution is 7.99. The first-order chi connectivity index (χ1) is 12.4. The van der Waals surface area contributed by atoms with E-state index in [0.717, 1.165) is 29.6 Å². The second-order valence-electron chi connectivity index (χ2n) is 5.22. The van der Waals surface area contributed by atoms with E-state index in [-0.39, 0.29) is 11.7 Å². The van der Waals surface area contributed by atoms with Crippen LogP contribution < -0.4 is 5.32 Å². The average molecular weight is 378 g/mol. The fraction of sp³-hybridized carbons (Fsp3) is 0.118. The van der Waals surface area contributed by atoms with Crippen LogP contribution in [0.2, 0.25) is 0 Å². The molecule has 134 valence electrons. The first-order valence-electron chi connectivity index (χ1n) is 7.49. The van der Waals surface area contributed by atoms with Gasteiger partial charge in [-0.05, 0) is 36.4 Å². The first kappa shape index (κ1) is 18.0. The van der Waals surface area contributed by atoms with Crippen molar-refractivity contribution in [1.82, 2.24) is 14.8 Å². The van der Waals surface area contributed by atoms with E-state index in [4.69, 9.17) is 0 Å². The zero-order valence-corrected chi connectivity index (χ0v) is 14.1. The quantitative estimate of drug-likeness (QED) is 0.682. The minimum atomic E-state index is -4.40. The lowest BCUT2D eigenvalue weighted by molar-refractivity contribution is -0.137. The molecule has 0 saturated carbocycles. The number of benzene rings is 2. The van der Waals surface area contributed by atoms with Crippen LogP contribution in [0.4, 0.5) is 18.9 Å². The predicted octanol–water partition coefficient (Wildman–Crippen LogP) is 4.02. The molecular formula is C17H13F3N4OS. The maximum absolute atomic E-state index is 12.5. The number of nitrogens with one attached hydrogen (secondary N) is 1. The normalized spacial score (nSPS) is 11.3. The van der Waals surface area contributed by atoms with Crippen molar-refractivity contribution in [2.45, 2.75) is 11.3 Å². The molecule has 0 aliphatic carbocycles. The van der Waals surface area contributed by atoms with Crippen molar-refractivity contribution in [3.05, 3.63) is 66.5 Å². The number of carbonyl (C=O) groups excluding carboxylic acids is 1. The second-order valence-corrected chi connectivity index (χ2v) is 6.16. The Bertz CT molecular complexity index is 879. The number of anilines is 1. The summed E-state index contributed by atoms with van der Waals surface area (Å²) in [5.41, 5.74) is 0.382. The van der Waals surface area contributed by atoms with E-state index in [1.807, 2.05) is 30.3 Å². The summed E-state index contributed by atoms with van der Waals surface area (Å²) in [6, 6.07) is 13.7.